The van der Waals surface area contributed by atoms with Crippen LogP contribution in [0, 0.1) is 0 Å². The van der Waals surface area contributed by atoms with Gasteiger partial charge in [-0.3, -0.25) is 0 Å². The molecular formula is C25H32N4O3. The Morgan fingerprint density at radius 2 is 1.91 bits per heavy atom. The van der Waals surface area contributed by atoms with Crippen molar-refractivity contribution in [3.05, 3.63) is 72.1 Å². The van der Waals surface area contributed by atoms with Crippen LogP contribution >= 0.6 is 0 Å². The van der Waals surface area contributed by atoms with Gasteiger partial charge in [-0.15, -0.1) is 0 Å². The number of ether oxygens (including phenoxy) is 2. The molecule has 1 fully saturated rings. The highest BCUT2D eigenvalue weighted by Gasteiger charge is 2.17. The van der Waals surface area contributed by atoms with E-state index in [9.17, 15) is 5.11 Å². The van der Waals surface area contributed by atoms with Gasteiger partial charge in [0.1, 0.15) is 24.2 Å². The van der Waals surface area contributed by atoms with Crippen LogP contribution in [0.5, 0.6) is 11.5 Å². The molecule has 170 valence electrons. The van der Waals surface area contributed by atoms with Gasteiger partial charge in [-0.1, -0.05) is 18.2 Å². The third-order valence-electron chi connectivity index (χ3n) is 5.72. The van der Waals surface area contributed by atoms with Crippen LogP contribution in [0.3, 0.4) is 0 Å². The van der Waals surface area contributed by atoms with Crippen LogP contribution in [0.25, 0.3) is 5.69 Å². The normalized spacial score (nSPS) is 15.1. The van der Waals surface area contributed by atoms with Crippen molar-refractivity contribution in [2.24, 2.45) is 0 Å². The number of methoxy groups -OCH3 is 1. The summed E-state index contributed by atoms with van der Waals surface area (Å²) < 4.78 is 13.2. The largest absolute Gasteiger partial charge is 0.497 e. The fourth-order valence-electron chi connectivity index (χ4n) is 3.97. The molecule has 3 aromatic rings. The zero-order valence-corrected chi connectivity index (χ0v) is 18.6. The Hall–Kier alpha value is -2.87. The van der Waals surface area contributed by atoms with Crippen LogP contribution < -0.4 is 14.8 Å². The predicted octanol–water partition coefficient (Wildman–Crippen LogP) is 3.01. The fourth-order valence-corrected chi connectivity index (χ4v) is 3.97. The molecule has 7 heteroatoms. The number of aromatic nitrogens is 2. The van der Waals surface area contributed by atoms with Gasteiger partial charge in [-0.2, -0.15) is 5.10 Å². The van der Waals surface area contributed by atoms with Gasteiger partial charge in [0.15, 0.2) is 0 Å². The second-order valence-electron chi connectivity index (χ2n) is 8.17. The molecule has 1 saturated heterocycles. The summed E-state index contributed by atoms with van der Waals surface area (Å²) >= 11 is 0. The first kappa shape index (κ1) is 22.3. The minimum atomic E-state index is -0.506. The summed E-state index contributed by atoms with van der Waals surface area (Å²) in [5, 5.41) is 18.1. The summed E-state index contributed by atoms with van der Waals surface area (Å²) in [5.41, 5.74) is 3.27. The van der Waals surface area contributed by atoms with Crippen LogP contribution in [0.4, 0.5) is 0 Å². The Balaban J connectivity index is 1.31. The molecule has 1 aliphatic heterocycles. The minimum Gasteiger partial charge on any atom is -0.497 e. The lowest BCUT2D eigenvalue weighted by Crippen LogP contribution is -2.33. The molecular weight excluding hydrogens is 404 g/mol. The van der Waals surface area contributed by atoms with Gasteiger partial charge in [0.2, 0.25) is 0 Å². The minimum absolute atomic E-state index is 0.269. The Morgan fingerprint density at radius 3 is 2.62 bits per heavy atom. The van der Waals surface area contributed by atoms with E-state index in [1.165, 1.54) is 18.4 Å². The van der Waals surface area contributed by atoms with Crippen molar-refractivity contribution in [3.8, 4) is 17.2 Å². The highest BCUT2D eigenvalue weighted by molar-refractivity contribution is 5.41. The van der Waals surface area contributed by atoms with Crippen LogP contribution in [0.1, 0.15) is 24.0 Å². The van der Waals surface area contributed by atoms with E-state index in [1.807, 2.05) is 35.1 Å². The Bertz CT molecular complexity index is 954. The highest BCUT2D eigenvalue weighted by Crippen LogP contribution is 2.25. The molecule has 1 aliphatic rings. The van der Waals surface area contributed by atoms with Gasteiger partial charge in [0.25, 0.3) is 0 Å². The van der Waals surface area contributed by atoms with Crippen molar-refractivity contribution in [2.75, 3.05) is 33.4 Å². The number of aliphatic hydroxyl groups excluding tert-OH is 1. The van der Waals surface area contributed by atoms with Crippen molar-refractivity contribution in [1.29, 1.82) is 0 Å². The van der Waals surface area contributed by atoms with Gasteiger partial charge in [-0.05, 0) is 55.8 Å². The molecule has 0 spiro atoms. The molecule has 0 saturated carbocycles. The quantitative estimate of drug-likeness (QED) is 0.482. The molecule has 2 heterocycles. The predicted molar refractivity (Wildman–Crippen MR) is 124 cm³/mol. The summed E-state index contributed by atoms with van der Waals surface area (Å²) in [5.74, 6) is 1.48. The third kappa shape index (κ3) is 6.09. The number of hydrogen-bond donors (Lipinski definition) is 2. The average molecular weight is 437 g/mol. The summed E-state index contributed by atoms with van der Waals surface area (Å²) in [6.07, 6.45) is 5.63. The molecule has 0 aliphatic carbocycles. The van der Waals surface area contributed by atoms with Gasteiger partial charge in [0, 0.05) is 43.7 Å². The number of nitrogens with one attached hydrogen (secondary N) is 1. The maximum Gasteiger partial charge on any atom is 0.127 e. The first-order chi connectivity index (χ1) is 15.7. The van der Waals surface area contributed by atoms with Crippen LogP contribution in [0.15, 0.2) is 60.9 Å². The summed E-state index contributed by atoms with van der Waals surface area (Å²) in [6.45, 7) is 4.45. The monoisotopic (exact) mass is 436 g/mol. The van der Waals surface area contributed by atoms with Crippen molar-refractivity contribution >= 4 is 0 Å². The number of β-amino-alcohol motifs (C(OH)–C–C–N with tert-alkyl or cyclic N) is 1. The maximum absolute atomic E-state index is 10.4. The molecule has 4 rings (SSSR count). The van der Waals surface area contributed by atoms with E-state index in [-0.39, 0.29) is 6.61 Å². The van der Waals surface area contributed by atoms with E-state index < -0.39 is 6.10 Å². The number of aliphatic hydroxyl groups is 1. The molecule has 1 atom stereocenters. The van der Waals surface area contributed by atoms with Crippen LogP contribution in [-0.4, -0.2) is 59.2 Å². The van der Waals surface area contributed by atoms with Gasteiger partial charge >= 0.3 is 0 Å². The van der Waals surface area contributed by atoms with Crippen molar-refractivity contribution in [2.45, 2.75) is 32.0 Å². The summed E-state index contributed by atoms with van der Waals surface area (Å²) in [7, 11) is 1.65. The second-order valence-corrected chi connectivity index (χ2v) is 8.17. The highest BCUT2D eigenvalue weighted by atomic mass is 16.5. The Labute approximate surface area is 189 Å². The van der Waals surface area contributed by atoms with E-state index in [0.29, 0.717) is 13.1 Å². The van der Waals surface area contributed by atoms with Crippen LogP contribution in [0.2, 0.25) is 0 Å². The Kier molecular flexibility index (Phi) is 7.77. The molecule has 0 bridgehead atoms. The number of benzene rings is 2. The first-order valence-electron chi connectivity index (χ1n) is 11.2. The molecule has 1 aromatic heterocycles. The number of rotatable bonds is 11. The zero-order chi connectivity index (χ0) is 22.2. The third-order valence-corrected chi connectivity index (χ3v) is 5.72. The molecule has 2 N–H and O–H groups in total. The van der Waals surface area contributed by atoms with Gasteiger partial charge in [-0.25, -0.2) is 4.68 Å². The molecule has 0 amide bonds. The average Bonchev–Trinajstić information content (AvgIpc) is 3.53. The molecule has 0 radical (unpaired) electrons. The molecule has 1 unspecified atom stereocenters. The van der Waals surface area contributed by atoms with Crippen LogP contribution in [-0.2, 0) is 13.1 Å². The SMILES string of the molecule is COc1ccc(CNCc2ccc(-n3cccn3)cc2)c(OCC(O)CN2CCCC2)c1. The first-order valence-corrected chi connectivity index (χ1v) is 11.2. The number of nitrogens with zero attached hydrogens (tertiary/aromatic N) is 3. The van der Waals surface area contributed by atoms with E-state index >= 15 is 0 Å². The fraction of sp³-hybridized carbons (Fsp3) is 0.400. The maximum atomic E-state index is 10.4. The van der Waals surface area contributed by atoms with Crippen molar-refractivity contribution < 1.29 is 14.6 Å². The zero-order valence-electron chi connectivity index (χ0n) is 18.6. The van der Waals surface area contributed by atoms with E-state index in [0.717, 1.165) is 42.4 Å². The standard InChI is InChI=1S/C25H32N4O3/c1-31-24-10-7-21(25(15-24)32-19-23(30)18-28-12-2-3-13-28)17-26-16-20-5-8-22(9-6-20)29-14-4-11-27-29/h4-11,14-15,23,26,30H,2-3,12-13,16-19H2,1H3. The molecule has 2 aromatic carbocycles. The second kappa shape index (κ2) is 11.1. The lowest BCUT2D eigenvalue weighted by molar-refractivity contribution is 0.0753. The topological polar surface area (TPSA) is 71.8 Å². The lowest BCUT2D eigenvalue weighted by Gasteiger charge is -2.20. The Morgan fingerprint density at radius 1 is 1.09 bits per heavy atom. The van der Waals surface area contributed by atoms with E-state index in [2.05, 4.69) is 39.6 Å². The van der Waals surface area contributed by atoms with Crippen molar-refractivity contribution in [3.63, 3.8) is 0 Å². The van der Waals surface area contributed by atoms with E-state index in [4.69, 9.17) is 9.47 Å². The number of likely N-dealkylation sites (tertiary alicyclic amines) is 1. The van der Waals surface area contributed by atoms with Gasteiger partial charge in [0.05, 0.1) is 12.8 Å². The van der Waals surface area contributed by atoms with Crippen molar-refractivity contribution in [1.82, 2.24) is 20.0 Å². The lowest BCUT2D eigenvalue weighted by atomic mass is 10.1. The summed E-state index contributed by atoms with van der Waals surface area (Å²) in [6, 6.07) is 16.1. The molecule has 7 nitrogen and oxygen atoms in total. The van der Waals surface area contributed by atoms with Gasteiger partial charge < -0.3 is 24.8 Å². The summed E-state index contributed by atoms with van der Waals surface area (Å²) in [4.78, 5) is 2.29. The smallest absolute Gasteiger partial charge is 0.127 e. The number of hydrogen-bond acceptors (Lipinski definition) is 6. The molecule has 32 heavy (non-hydrogen) atoms. The van der Waals surface area contributed by atoms with E-state index in [1.54, 1.807) is 13.3 Å².